The lowest BCUT2D eigenvalue weighted by molar-refractivity contribution is 0.328. The van der Waals surface area contributed by atoms with E-state index in [4.69, 9.17) is 16.6 Å². The van der Waals surface area contributed by atoms with Crippen molar-refractivity contribution in [3.8, 4) is 0 Å². The van der Waals surface area contributed by atoms with E-state index in [0.29, 0.717) is 5.92 Å². The molecule has 0 saturated carbocycles. The Morgan fingerprint density at radius 1 is 1.27 bits per heavy atom. The summed E-state index contributed by atoms with van der Waals surface area (Å²) in [7, 11) is 0. The molecule has 136 valence electrons. The molecular weight excluding hydrogens is 412 g/mol. The van der Waals surface area contributed by atoms with E-state index in [9.17, 15) is 0 Å². The number of nitrogens with zero attached hydrogens (tertiary/aromatic N) is 3. The lowest BCUT2D eigenvalue weighted by Gasteiger charge is -2.35. The van der Waals surface area contributed by atoms with Crippen LogP contribution in [0.2, 0.25) is 5.02 Å². The van der Waals surface area contributed by atoms with Gasteiger partial charge in [-0.3, -0.25) is 0 Å². The van der Waals surface area contributed by atoms with E-state index in [-0.39, 0.29) is 5.41 Å². The zero-order valence-electron chi connectivity index (χ0n) is 14.9. The van der Waals surface area contributed by atoms with Crippen molar-refractivity contribution < 1.29 is 0 Å². The summed E-state index contributed by atoms with van der Waals surface area (Å²) in [5.74, 6) is 1.62. The zero-order valence-corrected chi connectivity index (χ0v) is 17.2. The number of nitrogens with one attached hydrogen (secondary N) is 1. The summed E-state index contributed by atoms with van der Waals surface area (Å²) in [6, 6.07) is 4.18. The highest BCUT2D eigenvalue weighted by atomic mass is 79.9. The minimum Gasteiger partial charge on any atom is -0.325 e. The molecular formula is C20H22BrClN4. The van der Waals surface area contributed by atoms with E-state index >= 15 is 0 Å². The van der Waals surface area contributed by atoms with Gasteiger partial charge in [-0.1, -0.05) is 18.5 Å². The van der Waals surface area contributed by atoms with Crippen LogP contribution in [0, 0.1) is 0 Å². The highest BCUT2D eigenvalue weighted by Gasteiger charge is 2.46. The van der Waals surface area contributed by atoms with Gasteiger partial charge in [0.15, 0.2) is 0 Å². The second-order valence-electron chi connectivity index (χ2n) is 7.87. The topological polar surface area (TPSA) is 41.1 Å². The molecule has 1 aromatic carbocycles. The molecule has 1 saturated heterocycles. The number of piperidine rings is 1. The molecule has 0 amide bonds. The fourth-order valence-electron chi connectivity index (χ4n) is 5.08. The van der Waals surface area contributed by atoms with Crippen LogP contribution in [0.25, 0.3) is 0 Å². The molecule has 1 aromatic heterocycles. The number of anilines is 2. The van der Waals surface area contributed by atoms with Crippen molar-refractivity contribution in [2.45, 2.75) is 43.9 Å². The largest absolute Gasteiger partial charge is 0.325 e. The first-order valence-corrected chi connectivity index (χ1v) is 10.6. The molecule has 6 heteroatoms. The summed E-state index contributed by atoms with van der Waals surface area (Å²) >= 11 is 10.3. The number of hydrogen-bond donors (Lipinski definition) is 1. The maximum Gasteiger partial charge on any atom is 0.140 e. The van der Waals surface area contributed by atoms with Gasteiger partial charge in [-0.2, -0.15) is 0 Å². The van der Waals surface area contributed by atoms with Crippen molar-refractivity contribution in [3.05, 3.63) is 44.8 Å². The van der Waals surface area contributed by atoms with Gasteiger partial charge < -0.3 is 10.2 Å². The highest BCUT2D eigenvalue weighted by molar-refractivity contribution is 9.10. The van der Waals surface area contributed by atoms with Crippen LogP contribution in [0.15, 0.2) is 22.9 Å². The Morgan fingerprint density at radius 2 is 2.08 bits per heavy atom. The van der Waals surface area contributed by atoms with Crippen molar-refractivity contribution in [2.75, 3.05) is 24.5 Å². The molecule has 0 radical (unpaired) electrons. The number of fused-ring (bicyclic) bond motifs is 3. The molecule has 1 spiro atoms. The third kappa shape index (κ3) is 2.36. The van der Waals surface area contributed by atoms with Gasteiger partial charge in [0.1, 0.15) is 12.1 Å². The van der Waals surface area contributed by atoms with Crippen LogP contribution >= 0.6 is 27.5 Å². The number of rotatable bonds is 1. The molecule has 2 aromatic rings. The van der Waals surface area contributed by atoms with Crippen LogP contribution in [0.5, 0.6) is 0 Å². The summed E-state index contributed by atoms with van der Waals surface area (Å²) in [4.78, 5) is 11.8. The summed E-state index contributed by atoms with van der Waals surface area (Å²) in [5, 5.41) is 4.31. The first-order valence-electron chi connectivity index (χ1n) is 9.41. The van der Waals surface area contributed by atoms with Gasteiger partial charge in [0.05, 0.1) is 5.02 Å². The minimum absolute atomic E-state index is 0.129. The number of benzene rings is 1. The van der Waals surface area contributed by atoms with E-state index in [1.54, 1.807) is 6.33 Å². The first kappa shape index (κ1) is 17.0. The molecule has 2 aliphatic heterocycles. The van der Waals surface area contributed by atoms with Crippen molar-refractivity contribution in [1.82, 2.24) is 15.3 Å². The summed E-state index contributed by atoms with van der Waals surface area (Å²) in [6.45, 7) is 5.36. The van der Waals surface area contributed by atoms with Crippen molar-refractivity contribution in [3.63, 3.8) is 0 Å². The third-order valence-electron chi connectivity index (χ3n) is 6.42. The Bertz CT molecular complexity index is 878. The normalized spacial score (nSPS) is 23.3. The standard InChI is InChI=1S/C20H22BrClN4/c1-12-2-4-14-16(12)19(25-11-24-14)26-10-20(6-8-23-9-7-20)17-15(26)5-3-13(22)18(17)21/h3,5,11-12,23H,2,4,6-10H2,1H3/t12-/m1/s1. The van der Waals surface area contributed by atoms with Gasteiger partial charge in [-0.05, 0) is 78.3 Å². The van der Waals surface area contributed by atoms with Crippen LogP contribution in [0.4, 0.5) is 11.5 Å². The maximum absolute atomic E-state index is 6.50. The summed E-state index contributed by atoms with van der Waals surface area (Å²) in [5.41, 5.74) is 5.32. The van der Waals surface area contributed by atoms with E-state index in [0.717, 1.165) is 54.2 Å². The summed E-state index contributed by atoms with van der Waals surface area (Å²) in [6.07, 6.45) is 6.22. The fourth-order valence-corrected chi connectivity index (χ4v) is 5.99. The van der Waals surface area contributed by atoms with E-state index in [1.165, 1.54) is 28.9 Å². The highest BCUT2D eigenvalue weighted by Crippen LogP contribution is 2.54. The number of aryl methyl sites for hydroxylation is 1. The SMILES string of the molecule is C[C@@H]1CCc2ncnc(N3CC4(CCNCC4)c4c3ccc(Cl)c4Br)c21. The molecule has 1 N–H and O–H groups in total. The fraction of sp³-hybridized carbons (Fsp3) is 0.500. The average Bonchev–Trinajstić information content (AvgIpc) is 3.18. The second kappa shape index (κ2) is 6.18. The third-order valence-corrected chi connectivity index (χ3v) is 7.79. The molecule has 5 rings (SSSR count). The van der Waals surface area contributed by atoms with Gasteiger partial charge in [-0.15, -0.1) is 0 Å². The van der Waals surface area contributed by atoms with Gasteiger partial charge in [-0.25, -0.2) is 9.97 Å². The van der Waals surface area contributed by atoms with Gasteiger partial charge >= 0.3 is 0 Å². The monoisotopic (exact) mass is 432 g/mol. The molecule has 1 atom stereocenters. The van der Waals surface area contributed by atoms with Crippen molar-refractivity contribution in [2.24, 2.45) is 0 Å². The van der Waals surface area contributed by atoms with Gasteiger partial charge in [0, 0.05) is 33.4 Å². The Labute approximate surface area is 167 Å². The predicted octanol–water partition coefficient (Wildman–Crippen LogP) is 4.72. The number of halogens is 2. The van der Waals surface area contributed by atoms with Crippen molar-refractivity contribution >= 4 is 39.0 Å². The average molecular weight is 434 g/mol. The van der Waals surface area contributed by atoms with E-state index < -0.39 is 0 Å². The summed E-state index contributed by atoms with van der Waals surface area (Å²) < 4.78 is 1.06. The first-order chi connectivity index (χ1) is 12.6. The van der Waals surface area contributed by atoms with E-state index in [2.05, 4.69) is 44.1 Å². The van der Waals surface area contributed by atoms with Crippen LogP contribution in [-0.2, 0) is 11.8 Å². The Morgan fingerprint density at radius 3 is 2.88 bits per heavy atom. The Balaban J connectivity index is 1.70. The lowest BCUT2D eigenvalue weighted by Crippen LogP contribution is -2.42. The number of aromatic nitrogens is 2. The maximum atomic E-state index is 6.50. The van der Waals surface area contributed by atoms with Crippen LogP contribution in [0.1, 0.15) is 48.9 Å². The van der Waals surface area contributed by atoms with Crippen LogP contribution in [-0.4, -0.2) is 29.6 Å². The van der Waals surface area contributed by atoms with Gasteiger partial charge in [0.25, 0.3) is 0 Å². The van der Waals surface area contributed by atoms with Crippen LogP contribution < -0.4 is 10.2 Å². The van der Waals surface area contributed by atoms with E-state index in [1.807, 2.05) is 6.07 Å². The molecule has 0 bridgehead atoms. The molecule has 1 fully saturated rings. The molecule has 1 aliphatic carbocycles. The number of hydrogen-bond acceptors (Lipinski definition) is 4. The molecule has 3 aliphatic rings. The smallest absolute Gasteiger partial charge is 0.140 e. The molecule has 0 unspecified atom stereocenters. The Hall–Kier alpha value is -1.17. The quantitative estimate of drug-likeness (QED) is 0.707. The molecule has 4 nitrogen and oxygen atoms in total. The second-order valence-corrected chi connectivity index (χ2v) is 9.07. The van der Waals surface area contributed by atoms with Crippen molar-refractivity contribution in [1.29, 1.82) is 0 Å². The zero-order chi connectivity index (χ0) is 17.9. The lowest BCUT2D eigenvalue weighted by atomic mass is 9.75. The molecule has 3 heterocycles. The minimum atomic E-state index is 0.129. The van der Waals surface area contributed by atoms with Gasteiger partial charge in [0.2, 0.25) is 0 Å². The van der Waals surface area contributed by atoms with Crippen LogP contribution in [0.3, 0.4) is 0 Å². The Kier molecular flexibility index (Phi) is 4.03. The predicted molar refractivity (Wildman–Crippen MR) is 109 cm³/mol. The molecule has 26 heavy (non-hydrogen) atoms.